The van der Waals surface area contributed by atoms with E-state index in [0.29, 0.717) is 0 Å². The van der Waals surface area contributed by atoms with Gasteiger partial charge in [0, 0.05) is 23.7 Å². The van der Waals surface area contributed by atoms with E-state index in [4.69, 9.17) is 0 Å². The topological polar surface area (TPSA) is 43.1 Å². The summed E-state index contributed by atoms with van der Waals surface area (Å²) in [6.45, 7) is 3.96. The minimum Gasteiger partial charge on any atom is -0.304 e. The normalized spacial score (nSPS) is 10.9. The van der Waals surface area contributed by atoms with Crippen LogP contribution < -0.4 is 0 Å². The van der Waals surface area contributed by atoms with E-state index < -0.39 is 0 Å². The number of aromatic nitrogens is 4. The lowest BCUT2D eigenvalue weighted by Gasteiger charge is -2.02. The second kappa shape index (κ2) is 3.66. The van der Waals surface area contributed by atoms with Gasteiger partial charge in [0.05, 0.1) is 11.4 Å². The summed E-state index contributed by atoms with van der Waals surface area (Å²) in [4.78, 5) is 4.34. The van der Waals surface area contributed by atoms with Crippen molar-refractivity contribution in [1.82, 2.24) is 19.6 Å². The molecule has 0 bridgehead atoms. The van der Waals surface area contributed by atoms with Crippen LogP contribution in [0, 0.1) is 13.8 Å². The van der Waals surface area contributed by atoms with Crippen molar-refractivity contribution in [2.24, 2.45) is 0 Å². The first-order valence-corrected chi connectivity index (χ1v) is 5.48. The minimum absolute atomic E-state index is 0.874. The number of fused-ring (bicyclic) bond motifs is 1. The number of hydrogen-bond acceptors (Lipinski definition) is 3. The highest BCUT2D eigenvalue weighted by Crippen LogP contribution is 2.18. The zero-order valence-electron chi connectivity index (χ0n) is 9.75. The average molecular weight is 224 g/mol. The van der Waals surface area contributed by atoms with Crippen molar-refractivity contribution < 1.29 is 0 Å². The second-order valence-electron chi connectivity index (χ2n) is 4.10. The molecule has 3 rings (SSSR count). The number of hydrogen-bond donors (Lipinski definition) is 0. The van der Waals surface area contributed by atoms with Crippen molar-refractivity contribution in [2.45, 2.75) is 13.8 Å². The first-order valence-electron chi connectivity index (χ1n) is 5.48. The fourth-order valence-electron chi connectivity index (χ4n) is 1.82. The predicted octanol–water partition coefficient (Wildman–Crippen LogP) is 2.41. The lowest BCUT2D eigenvalue weighted by atomic mass is 10.2. The van der Waals surface area contributed by atoms with Gasteiger partial charge in [-0.2, -0.15) is 10.2 Å². The molecule has 4 heteroatoms. The molecular weight excluding hydrogens is 212 g/mol. The Labute approximate surface area is 99.0 Å². The standard InChI is InChI=1S/C13H12N4/c1-9-3-4-12(16-15-9)11-5-6-17-10(2)8-14-13(17)7-11/h3-8H,1-2H3. The Kier molecular flexibility index (Phi) is 2.14. The van der Waals surface area contributed by atoms with Gasteiger partial charge in [0.1, 0.15) is 5.65 Å². The molecular formula is C13H12N4. The fourth-order valence-corrected chi connectivity index (χ4v) is 1.82. The number of pyridine rings is 1. The Morgan fingerprint density at radius 2 is 1.94 bits per heavy atom. The smallest absolute Gasteiger partial charge is 0.137 e. The lowest BCUT2D eigenvalue weighted by Crippen LogP contribution is -1.92. The van der Waals surface area contributed by atoms with E-state index in [-0.39, 0.29) is 0 Å². The van der Waals surface area contributed by atoms with E-state index in [1.165, 1.54) is 0 Å². The summed E-state index contributed by atoms with van der Waals surface area (Å²) in [5.41, 5.74) is 4.89. The van der Waals surface area contributed by atoms with Gasteiger partial charge in [0.15, 0.2) is 0 Å². The SMILES string of the molecule is Cc1ccc(-c2ccn3c(C)cnc3c2)nn1. The van der Waals surface area contributed by atoms with Gasteiger partial charge in [-0.3, -0.25) is 0 Å². The molecule has 3 aromatic rings. The van der Waals surface area contributed by atoms with E-state index in [1.807, 2.05) is 54.9 Å². The molecule has 17 heavy (non-hydrogen) atoms. The van der Waals surface area contributed by atoms with Crippen LogP contribution in [0.1, 0.15) is 11.4 Å². The molecule has 0 aliphatic heterocycles. The maximum atomic E-state index is 4.34. The van der Waals surface area contributed by atoms with Crippen molar-refractivity contribution in [1.29, 1.82) is 0 Å². The molecule has 0 aliphatic carbocycles. The fraction of sp³-hybridized carbons (Fsp3) is 0.154. The van der Waals surface area contributed by atoms with E-state index in [0.717, 1.165) is 28.3 Å². The molecule has 0 saturated carbocycles. The van der Waals surface area contributed by atoms with Crippen LogP contribution in [0.2, 0.25) is 0 Å². The molecule has 0 atom stereocenters. The summed E-state index contributed by atoms with van der Waals surface area (Å²) >= 11 is 0. The van der Waals surface area contributed by atoms with Gasteiger partial charge in [-0.25, -0.2) is 4.98 Å². The van der Waals surface area contributed by atoms with Crippen molar-refractivity contribution in [3.05, 3.63) is 48.0 Å². The Morgan fingerprint density at radius 1 is 1.06 bits per heavy atom. The predicted molar refractivity (Wildman–Crippen MR) is 65.7 cm³/mol. The molecule has 0 saturated heterocycles. The molecule has 0 unspecified atom stereocenters. The Morgan fingerprint density at radius 3 is 2.71 bits per heavy atom. The van der Waals surface area contributed by atoms with Crippen LogP contribution in [0.5, 0.6) is 0 Å². The van der Waals surface area contributed by atoms with Crippen LogP contribution in [-0.2, 0) is 0 Å². The van der Waals surface area contributed by atoms with Crippen molar-refractivity contribution in [2.75, 3.05) is 0 Å². The van der Waals surface area contributed by atoms with Crippen molar-refractivity contribution >= 4 is 5.65 Å². The molecule has 0 aliphatic rings. The summed E-state index contributed by atoms with van der Waals surface area (Å²) < 4.78 is 2.05. The van der Waals surface area contributed by atoms with Gasteiger partial charge in [-0.05, 0) is 38.1 Å². The zero-order valence-corrected chi connectivity index (χ0v) is 9.75. The summed E-state index contributed by atoms with van der Waals surface area (Å²) in [6, 6.07) is 7.99. The Balaban J connectivity index is 2.14. The van der Waals surface area contributed by atoms with Gasteiger partial charge in [-0.15, -0.1) is 0 Å². The summed E-state index contributed by atoms with van der Waals surface area (Å²) in [7, 11) is 0. The first-order chi connectivity index (χ1) is 8.24. The quantitative estimate of drug-likeness (QED) is 0.637. The molecule has 84 valence electrons. The van der Waals surface area contributed by atoms with Crippen molar-refractivity contribution in [3.63, 3.8) is 0 Å². The largest absolute Gasteiger partial charge is 0.304 e. The molecule has 3 aromatic heterocycles. The summed E-state index contributed by atoms with van der Waals surface area (Å²) in [6.07, 6.45) is 3.87. The third kappa shape index (κ3) is 1.67. The van der Waals surface area contributed by atoms with Crippen LogP contribution in [-0.4, -0.2) is 19.6 Å². The molecule has 0 aromatic carbocycles. The van der Waals surface area contributed by atoms with Crippen LogP contribution in [0.3, 0.4) is 0 Å². The number of rotatable bonds is 1. The molecule has 0 amide bonds. The van der Waals surface area contributed by atoms with Crippen LogP contribution in [0.25, 0.3) is 16.9 Å². The summed E-state index contributed by atoms with van der Waals surface area (Å²) in [5, 5.41) is 8.24. The molecule has 0 radical (unpaired) electrons. The number of aryl methyl sites for hydroxylation is 2. The molecule has 0 spiro atoms. The van der Waals surface area contributed by atoms with Gasteiger partial charge in [-0.1, -0.05) is 0 Å². The second-order valence-corrected chi connectivity index (χ2v) is 4.10. The molecule has 4 nitrogen and oxygen atoms in total. The van der Waals surface area contributed by atoms with E-state index in [9.17, 15) is 0 Å². The third-order valence-electron chi connectivity index (χ3n) is 2.79. The number of imidazole rings is 1. The zero-order chi connectivity index (χ0) is 11.8. The molecule has 3 heterocycles. The summed E-state index contributed by atoms with van der Waals surface area (Å²) in [5.74, 6) is 0. The lowest BCUT2D eigenvalue weighted by molar-refractivity contribution is 0.986. The monoisotopic (exact) mass is 224 g/mol. The molecule has 0 fully saturated rings. The van der Waals surface area contributed by atoms with Gasteiger partial charge in [0.2, 0.25) is 0 Å². The number of nitrogens with zero attached hydrogens (tertiary/aromatic N) is 4. The highest BCUT2D eigenvalue weighted by Gasteiger charge is 2.03. The Hall–Kier alpha value is -2.23. The van der Waals surface area contributed by atoms with E-state index >= 15 is 0 Å². The highest BCUT2D eigenvalue weighted by atomic mass is 15.1. The Bertz CT molecular complexity index is 667. The van der Waals surface area contributed by atoms with Gasteiger partial charge < -0.3 is 4.40 Å². The van der Waals surface area contributed by atoms with Gasteiger partial charge in [0.25, 0.3) is 0 Å². The van der Waals surface area contributed by atoms with Crippen LogP contribution in [0.15, 0.2) is 36.7 Å². The first kappa shape index (κ1) is 9.96. The highest BCUT2D eigenvalue weighted by molar-refractivity contribution is 5.63. The minimum atomic E-state index is 0.874. The van der Waals surface area contributed by atoms with Gasteiger partial charge >= 0.3 is 0 Å². The van der Waals surface area contributed by atoms with E-state index in [2.05, 4.69) is 15.2 Å². The molecule has 0 N–H and O–H groups in total. The maximum Gasteiger partial charge on any atom is 0.137 e. The maximum absolute atomic E-state index is 4.34. The van der Waals surface area contributed by atoms with Crippen LogP contribution >= 0.6 is 0 Å². The van der Waals surface area contributed by atoms with E-state index in [1.54, 1.807) is 0 Å². The van der Waals surface area contributed by atoms with Crippen molar-refractivity contribution in [3.8, 4) is 11.3 Å². The third-order valence-corrected chi connectivity index (χ3v) is 2.79. The average Bonchev–Trinajstić information content (AvgIpc) is 2.72. The van der Waals surface area contributed by atoms with Crippen LogP contribution in [0.4, 0.5) is 0 Å².